The summed E-state index contributed by atoms with van der Waals surface area (Å²) in [5.41, 5.74) is 2.16. The number of para-hydroxylation sites is 2. The lowest BCUT2D eigenvalue weighted by molar-refractivity contribution is 0.130. The molecule has 3 rings (SSSR count). The Balaban J connectivity index is 1.90. The SMILES string of the molecule is CCC1CCCCN1Cc1nc2ccccc2n1CCO. The van der Waals surface area contributed by atoms with E-state index in [-0.39, 0.29) is 6.61 Å². The molecule has 1 aliphatic rings. The Morgan fingerprint density at radius 3 is 2.95 bits per heavy atom. The van der Waals surface area contributed by atoms with Crippen molar-refractivity contribution in [2.45, 2.75) is 51.7 Å². The maximum Gasteiger partial charge on any atom is 0.124 e. The zero-order chi connectivity index (χ0) is 14.7. The standard InChI is InChI=1S/C17H25N3O/c1-2-14-7-5-6-10-19(14)13-17-18-15-8-3-4-9-16(15)20(17)11-12-21/h3-4,8-9,14,21H,2,5-7,10-13H2,1H3. The van der Waals surface area contributed by atoms with Crippen molar-refractivity contribution in [2.24, 2.45) is 0 Å². The molecule has 1 unspecified atom stereocenters. The first-order valence-electron chi connectivity index (χ1n) is 8.12. The molecular weight excluding hydrogens is 262 g/mol. The van der Waals surface area contributed by atoms with E-state index < -0.39 is 0 Å². The third kappa shape index (κ3) is 2.97. The molecule has 1 atom stereocenters. The van der Waals surface area contributed by atoms with Crippen LogP contribution < -0.4 is 0 Å². The summed E-state index contributed by atoms with van der Waals surface area (Å²) in [6.07, 6.45) is 5.15. The van der Waals surface area contributed by atoms with Gasteiger partial charge in [-0.2, -0.15) is 0 Å². The van der Waals surface area contributed by atoms with Crippen LogP contribution in [0.5, 0.6) is 0 Å². The van der Waals surface area contributed by atoms with Gasteiger partial charge in [0.25, 0.3) is 0 Å². The molecule has 2 aromatic rings. The summed E-state index contributed by atoms with van der Waals surface area (Å²) < 4.78 is 2.18. The van der Waals surface area contributed by atoms with Crippen molar-refractivity contribution in [1.82, 2.24) is 14.5 Å². The number of rotatable bonds is 5. The van der Waals surface area contributed by atoms with Gasteiger partial charge in [-0.3, -0.25) is 4.90 Å². The second kappa shape index (κ2) is 6.58. The van der Waals surface area contributed by atoms with Crippen LogP contribution in [0.15, 0.2) is 24.3 Å². The number of aromatic nitrogens is 2. The molecule has 2 heterocycles. The summed E-state index contributed by atoms with van der Waals surface area (Å²) in [6.45, 7) is 5.12. The minimum atomic E-state index is 0.157. The summed E-state index contributed by atoms with van der Waals surface area (Å²) >= 11 is 0. The van der Waals surface area contributed by atoms with E-state index in [4.69, 9.17) is 4.98 Å². The van der Waals surface area contributed by atoms with Crippen molar-refractivity contribution in [2.75, 3.05) is 13.2 Å². The first-order valence-corrected chi connectivity index (χ1v) is 8.12. The number of hydrogen-bond donors (Lipinski definition) is 1. The van der Waals surface area contributed by atoms with E-state index in [9.17, 15) is 5.11 Å². The number of likely N-dealkylation sites (tertiary alicyclic amines) is 1. The molecule has 0 bridgehead atoms. The van der Waals surface area contributed by atoms with Gasteiger partial charge in [-0.15, -0.1) is 0 Å². The third-order valence-electron chi connectivity index (χ3n) is 4.62. The van der Waals surface area contributed by atoms with Gasteiger partial charge in [0, 0.05) is 12.6 Å². The topological polar surface area (TPSA) is 41.3 Å². The van der Waals surface area contributed by atoms with Crippen molar-refractivity contribution in [1.29, 1.82) is 0 Å². The van der Waals surface area contributed by atoms with Gasteiger partial charge in [-0.05, 0) is 37.9 Å². The quantitative estimate of drug-likeness (QED) is 0.919. The molecule has 114 valence electrons. The van der Waals surface area contributed by atoms with Crippen LogP contribution in [0.2, 0.25) is 0 Å². The van der Waals surface area contributed by atoms with E-state index in [1.165, 1.54) is 32.2 Å². The minimum Gasteiger partial charge on any atom is -0.395 e. The van der Waals surface area contributed by atoms with Gasteiger partial charge in [-0.1, -0.05) is 25.5 Å². The van der Waals surface area contributed by atoms with Gasteiger partial charge in [0.1, 0.15) is 5.82 Å². The Morgan fingerprint density at radius 2 is 2.14 bits per heavy atom. The Kier molecular flexibility index (Phi) is 4.56. The normalized spacial score (nSPS) is 20.2. The maximum absolute atomic E-state index is 9.36. The second-order valence-electron chi connectivity index (χ2n) is 5.92. The fourth-order valence-corrected chi connectivity index (χ4v) is 3.51. The fraction of sp³-hybridized carbons (Fsp3) is 0.588. The highest BCUT2D eigenvalue weighted by molar-refractivity contribution is 5.75. The molecule has 1 aromatic carbocycles. The average molecular weight is 287 g/mol. The van der Waals surface area contributed by atoms with Crippen molar-refractivity contribution in [3.63, 3.8) is 0 Å². The molecular formula is C17H25N3O. The van der Waals surface area contributed by atoms with Crippen LogP contribution in [0.3, 0.4) is 0 Å². The highest BCUT2D eigenvalue weighted by atomic mass is 16.3. The number of hydrogen-bond acceptors (Lipinski definition) is 3. The average Bonchev–Trinajstić information content (AvgIpc) is 2.86. The molecule has 0 radical (unpaired) electrons. The fourth-order valence-electron chi connectivity index (χ4n) is 3.51. The number of fused-ring (bicyclic) bond motifs is 1. The molecule has 0 spiro atoms. The van der Waals surface area contributed by atoms with Crippen molar-refractivity contribution >= 4 is 11.0 Å². The van der Waals surface area contributed by atoms with Crippen LogP contribution in [-0.4, -0.2) is 38.8 Å². The molecule has 4 heteroatoms. The molecule has 1 fully saturated rings. The molecule has 1 aliphatic heterocycles. The van der Waals surface area contributed by atoms with E-state index >= 15 is 0 Å². The Hall–Kier alpha value is -1.39. The largest absolute Gasteiger partial charge is 0.395 e. The zero-order valence-corrected chi connectivity index (χ0v) is 12.8. The summed E-state index contributed by atoms with van der Waals surface area (Å²) in [6, 6.07) is 8.89. The van der Waals surface area contributed by atoms with Gasteiger partial charge in [0.15, 0.2) is 0 Å². The predicted molar refractivity (Wildman–Crippen MR) is 85.2 cm³/mol. The summed E-state index contributed by atoms with van der Waals surface area (Å²) in [4.78, 5) is 7.37. The first-order chi connectivity index (χ1) is 10.3. The number of benzene rings is 1. The van der Waals surface area contributed by atoms with Crippen LogP contribution >= 0.6 is 0 Å². The van der Waals surface area contributed by atoms with Crippen molar-refractivity contribution < 1.29 is 5.11 Å². The molecule has 4 nitrogen and oxygen atoms in total. The zero-order valence-electron chi connectivity index (χ0n) is 12.8. The smallest absolute Gasteiger partial charge is 0.124 e. The lowest BCUT2D eigenvalue weighted by Gasteiger charge is -2.34. The number of imidazole rings is 1. The van der Waals surface area contributed by atoms with Crippen molar-refractivity contribution in [3.05, 3.63) is 30.1 Å². The van der Waals surface area contributed by atoms with Gasteiger partial charge in [0.2, 0.25) is 0 Å². The van der Waals surface area contributed by atoms with E-state index in [0.717, 1.165) is 23.4 Å². The molecule has 0 aliphatic carbocycles. The van der Waals surface area contributed by atoms with Crippen LogP contribution in [0.25, 0.3) is 11.0 Å². The lowest BCUT2D eigenvalue weighted by Crippen LogP contribution is -2.39. The molecule has 1 N–H and O–H groups in total. The minimum absolute atomic E-state index is 0.157. The van der Waals surface area contributed by atoms with Gasteiger partial charge in [-0.25, -0.2) is 4.98 Å². The van der Waals surface area contributed by atoms with Crippen LogP contribution in [0, 0.1) is 0 Å². The van der Waals surface area contributed by atoms with Gasteiger partial charge < -0.3 is 9.67 Å². The van der Waals surface area contributed by atoms with Crippen molar-refractivity contribution in [3.8, 4) is 0 Å². The number of aliphatic hydroxyl groups is 1. The van der Waals surface area contributed by atoms with Crippen LogP contribution in [-0.2, 0) is 13.1 Å². The molecule has 1 saturated heterocycles. The third-order valence-corrected chi connectivity index (χ3v) is 4.62. The lowest BCUT2D eigenvalue weighted by atomic mass is 10.0. The number of piperidine rings is 1. The highest BCUT2D eigenvalue weighted by Crippen LogP contribution is 2.23. The molecule has 0 amide bonds. The van der Waals surface area contributed by atoms with E-state index in [0.29, 0.717) is 12.6 Å². The first kappa shape index (κ1) is 14.5. The van der Waals surface area contributed by atoms with E-state index in [1.807, 2.05) is 12.1 Å². The second-order valence-corrected chi connectivity index (χ2v) is 5.92. The van der Waals surface area contributed by atoms with Crippen LogP contribution in [0.1, 0.15) is 38.4 Å². The summed E-state index contributed by atoms with van der Waals surface area (Å²) in [5.74, 6) is 1.09. The number of nitrogens with zero attached hydrogens (tertiary/aromatic N) is 3. The van der Waals surface area contributed by atoms with E-state index in [2.05, 4.69) is 28.5 Å². The van der Waals surface area contributed by atoms with Gasteiger partial charge in [0.05, 0.1) is 24.2 Å². The van der Waals surface area contributed by atoms with Gasteiger partial charge >= 0.3 is 0 Å². The summed E-state index contributed by atoms with van der Waals surface area (Å²) in [7, 11) is 0. The molecule has 0 saturated carbocycles. The van der Waals surface area contributed by atoms with E-state index in [1.54, 1.807) is 0 Å². The Morgan fingerprint density at radius 1 is 1.29 bits per heavy atom. The highest BCUT2D eigenvalue weighted by Gasteiger charge is 2.23. The number of aliphatic hydroxyl groups excluding tert-OH is 1. The van der Waals surface area contributed by atoms with Crippen LogP contribution in [0.4, 0.5) is 0 Å². The summed E-state index contributed by atoms with van der Waals surface area (Å²) in [5, 5.41) is 9.36. The molecule has 21 heavy (non-hydrogen) atoms. The monoisotopic (exact) mass is 287 g/mol. The Bertz CT molecular complexity index is 593. The predicted octanol–water partition coefficient (Wildman–Crippen LogP) is 2.79. The Labute approximate surface area is 126 Å². The molecule has 1 aromatic heterocycles. The maximum atomic E-state index is 9.36.